The zero-order chi connectivity index (χ0) is 16.8. The van der Waals surface area contributed by atoms with E-state index in [0.717, 1.165) is 5.56 Å². The van der Waals surface area contributed by atoms with Gasteiger partial charge in [0, 0.05) is 18.0 Å². The summed E-state index contributed by atoms with van der Waals surface area (Å²) in [5.74, 6) is -0.517. The Kier molecular flexibility index (Phi) is 6.24. The molecule has 1 heterocycles. The maximum atomic E-state index is 12.2. The van der Waals surface area contributed by atoms with E-state index in [1.54, 1.807) is 12.1 Å². The van der Waals surface area contributed by atoms with Crippen molar-refractivity contribution in [2.45, 2.75) is 25.8 Å². The second-order valence-corrected chi connectivity index (χ2v) is 5.79. The quantitative estimate of drug-likeness (QED) is 0.802. The zero-order valence-corrected chi connectivity index (χ0v) is 13.7. The van der Waals surface area contributed by atoms with Crippen LogP contribution >= 0.6 is 11.6 Å². The first-order chi connectivity index (χ1) is 11.0. The summed E-state index contributed by atoms with van der Waals surface area (Å²) >= 11 is 5.94. The molecule has 1 N–H and O–H groups in total. The Bertz CT molecular complexity index is 578. The fourth-order valence-corrected chi connectivity index (χ4v) is 2.49. The lowest BCUT2D eigenvalue weighted by Gasteiger charge is -2.32. The molecule has 0 aromatic heterocycles. The van der Waals surface area contributed by atoms with E-state index in [2.05, 4.69) is 0 Å². The van der Waals surface area contributed by atoms with Crippen LogP contribution < -0.4 is 4.74 Å². The van der Waals surface area contributed by atoms with Gasteiger partial charge in [0.2, 0.25) is 5.91 Å². The molecule has 6 nitrogen and oxygen atoms in total. The van der Waals surface area contributed by atoms with Crippen LogP contribution in [0.2, 0.25) is 5.02 Å². The molecular formula is C16H20ClNO5. The highest BCUT2D eigenvalue weighted by Crippen LogP contribution is 2.21. The van der Waals surface area contributed by atoms with Crippen LogP contribution in [0, 0.1) is 6.92 Å². The molecule has 1 saturated heterocycles. The standard InChI is InChI=1S/C16H20ClNO5/c1-11-9-12(4-5-13(11)17)23-7-2-3-15(19)18-6-8-22-10-14(18)16(20)21/h4-5,9,14H,2-3,6-8,10H2,1H3,(H,20,21). The molecule has 1 aromatic rings. The molecule has 1 atom stereocenters. The molecule has 0 aliphatic carbocycles. The van der Waals surface area contributed by atoms with Crippen molar-refractivity contribution in [3.05, 3.63) is 28.8 Å². The predicted molar refractivity (Wildman–Crippen MR) is 84.9 cm³/mol. The fourth-order valence-electron chi connectivity index (χ4n) is 2.37. The van der Waals surface area contributed by atoms with Crippen molar-refractivity contribution >= 4 is 23.5 Å². The van der Waals surface area contributed by atoms with E-state index in [4.69, 9.17) is 26.2 Å². The van der Waals surface area contributed by atoms with E-state index < -0.39 is 12.0 Å². The smallest absolute Gasteiger partial charge is 0.328 e. The first-order valence-electron chi connectivity index (χ1n) is 7.48. The van der Waals surface area contributed by atoms with Gasteiger partial charge >= 0.3 is 5.97 Å². The third-order valence-corrected chi connectivity index (χ3v) is 4.09. The SMILES string of the molecule is Cc1cc(OCCCC(=O)N2CCOCC2C(=O)O)ccc1Cl. The molecule has 0 spiro atoms. The van der Waals surface area contributed by atoms with E-state index in [9.17, 15) is 9.59 Å². The third-order valence-electron chi connectivity index (χ3n) is 3.67. The lowest BCUT2D eigenvalue weighted by Crippen LogP contribution is -2.52. The summed E-state index contributed by atoms with van der Waals surface area (Å²) < 4.78 is 10.7. The van der Waals surface area contributed by atoms with E-state index in [1.807, 2.05) is 13.0 Å². The Morgan fingerprint density at radius 1 is 1.48 bits per heavy atom. The molecule has 1 aromatic carbocycles. The predicted octanol–water partition coefficient (Wildman–Crippen LogP) is 2.12. The monoisotopic (exact) mass is 341 g/mol. The van der Waals surface area contributed by atoms with Gasteiger partial charge in [-0.1, -0.05) is 11.6 Å². The van der Waals surface area contributed by atoms with Crippen LogP contribution in [0.15, 0.2) is 18.2 Å². The number of carboxylic acid groups (broad SMARTS) is 1. The van der Waals surface area contributed by atoms with Gasteiger partial charge in [0.1, 0.15) is 5.75 Å². The first kappa shape index (κ1) is 17.6. The molecule has 0 bridgehead atoms. The maximum absolute atomic E-state index is 12.2. The van der Waals surface area contributed by atoms with Crippen molar-refractivity contribution < 1.29 is 24.2 Å². The number of nitrogens with zero attached hydrogens (tertiary/aromatic N) is 1. The fraction of sp³-hybridized carbons (Fsp3) is 0.500. The molecule has 0 saturated carbocycles. The van der Waals surface area contributed by atoms with E-state index in [-0.39, 0.29) is 18.9 Å². The molecule has 1 fully saturated rings. The molecule has 1 aliphatic heterocycles. The van der Waals surface area contributed by atoms with Crippen molar-refractivity contribution in [3.8, 4) is 5.75 Å². The van der Waals surface area contributed by atoms with Crippen LogP contribution in [0.25, 0.3) is 0 Å². The minimum absolute atomic E-state index is 0.0433. The summed E-state index contributed by atoms with van der Waals surface area (Å²) in [6.07, 6.45) is 0.764. The van der Waals surface area contributed by atoms with Gasteiger partial charge in [0.05, 0.1) is 19.8 Å². The molecular weight excluding hydrogens is 322 g/mol. The van der Waals surface area contributed by atoms with Crippen molar-refractivity contribution in [2.75, 3.05) is 26.4 Å². The van der Waals surface area contributed by atoms with Crippen molar-refractivity contribution in [1.82, 2.24) is 4.90 Å². The summed E-state index contributed by atoms with van der Waals surface area (Å²) in [5, 5.41) is 9.80. The zero-order valence-electron chi connectivity index (χ0n) is 13.0. The summed E-state index contributed by atoms with van der Waals surface area (Å²) in [6, 6.07) is 4.49. The number of benzene rings is 1. The van der Waals surface area contributed by atoms with Gasteiger partial charge in [-0.25, -0.2) is 4.79 Å². The number of carboxylic acids is 1. The molecule has 1 unspecified atom stereocenters. The molecule has 23 heavy (non-hydrogen) atoms. The molecule has 1 amide bonds. The number of hydrogen-bond donors (Lipinski definition) is 1. The van der Waals surface area contributed by atoms with Crippen LogP contribution in [-0.2, 0) is 14.3 Å². The highest BCUT2D eigenvalue weighted by Gasteiger charge is 2.32. The lowest BCUT2D eigenvalue weighted by atomic mass is 10.2. The maximum Gasteiger partial charge on any atom is 0.328 e. The topological polar surface area (TPSA) is 76.1 Å². The number of carbonyl (C=O) groups is 2. The van der Waals surface area contributed by atoms with Crippen molar-refractivity contribution in [2.24, 2.45) is 0 Å². The largest absolute Gasteiger partial charge is 0.494 e. The van der Waals surface area contributed by atoms with Crippen LogP contribution in [0.4, 0.5) is 0 Å². The number of morpholine rings is 1. The Hall–Kier alpha value is -1.79. The summed E-state index contributed by atoms with van der Waals surface area (Å²) in [4.78, 5) is 24.7. The van der Waals surface area contributed by atoms with Crippen LogP contribution in [-0.4, -0.2) is 54.3 Å². The molecule has 2 rings (SSSR count). The Morgan fingerprint density at radius 2 is 2.26 bits per heavy atom. The summed E-state index contributed by atoms with van der Waals surface area (Å²) in [6.45, 7) is 3.00. The molecule has 126 valence electrons. The average Bonchev–Trinajstić information content (AvgIpc) is 2.54. The van der Waals surface area contributed by atoms with Gasteiger partial charge < -0.3 is 19.5 Å². The van der Waals surface area contributed by atoms with Gasteiger partial charge in [0.15, 0.2) is 6.04 Å². The minimum atomic E-state index is -1.04. The number of ether oxygens (including phenoxy) is 2. The summed E-state index contributed by atoms with van der Waals surface area (Å²) in [5.41, 5.74) is 0.929. The number of aliphatic carboxylic acids is 1. The van der Waals surface area contributed by atoms with Gasteiger partial charge in [-0.05, 0) is 37.1 Å². The number of hydrogen-bond acceptors (Lipinski definition) is 4. The Morgan fingerprint density at radius 3 is 2.96 bits per heavy atom. The third kappa shape index (κ3) is 4.84. The van der Waals surface area contributed by atoms with Crippen LogP contribution in [0.3, 0.4) is 0 Å². The summed E-state index contributed by atoms with van der Waals surface area (Å²) in [7, 11) is 0. The van der Waals surface area contributed by atoms with Crippen LogP contribution in [0.5, 0.6) is 5.75 Å². The van der Waals surface area contributed by atoms with E-state index in [1.165, 1.54) is 4.90 Å². The first-order valence-corrected chi connectivity index (χ1v) is 7.86. The van der Waals surface area contributed by atoms with Gasteiger partial charge in [0.25, 0.3) is 0 Å². The van der Waals surface area contributed by atoms with Crippen molar-refractivity contribution in [1.29, 1.82) is 0 Å². The number of rotatable bonds is 6. The number of amides is 1. The Labute approximate surface area is 139 Å². The number of carbonyl (C=O) groups excluding carboxylic acids is 1. The molecule has 1 aliphatic rings. The lowest BCUT2D eigenvalue weighted by molar-refractivity contribution is -0.158. The van der Waals surface area contributed by atoms with Gasteiger partial charge in [-0.3, -0.25) is 4.79 Å². The highest BCUT2D eigenvalue weighted by atomic mass is 35.5. The molecule has 0 radical (unpaired) electrons. The second kappa shape index (κ2) is 8.17. The van der Waals surface area contributed by atoms with Gasteiger partial charge in [-0.15, -0.1) is 0 Å². The molecule has 7 heteroatoms. The Balaban J connectivity index is 1.77. The second-order valence-electron chi connectivity index (χ2n) is 5.38. The average molecular weight is 342 g/mol. The van der Waals surface area contributed by atoms with Crippen molar-refractivity contribution in [3.63, 3.8) is 0 Å². The van der Waals surface area contributed by atoms with Crippen LogP contribution in [0.1, 0.15) is 18.4 Å². The number of aryl methyl sites for hydroxylation is 1. The minimum Gasteiger partial charge on any atom is -0.494 e. The van der Waals surface area contributed by atoms with E-state index in [0.29, 0.717) is 37.0 Å². The normalized spacial score (nSPS) is 17.8. The number of halogens is 1. The highest BCUT2D eigenvalue weighted by molar-refractivity contribution is 6.31. The van der Waals surface area contributed by atoms with E-state index >= 15 is 0 Å². The van der Waals surface area contributed by atoms with Gasteiger partial charge in [-0.2, -0.15) is 0 Å².